The average Bonchev–Trinajstić information content (AvgIpc) is 2.25. The van der Waals surface area contributed by atoms with Gasteiger partial charge in [0.1, 0.15) is 5.82 Å². The van der Waals surface area contributed by atoms with Crippen molar-refractivity contribution in [3.8, 4) is 0 Å². The molecule has 2 aromatic rings. The van der Waals surface area contributed by atoms with E-state index in [4.69, 9.17) is 5.73 Å². The van der Waals surface area contributed by atoms with Gasteiger partial charge in [-0.2, -0.15) is 0 Å². The number of nitrogen functional groups attached to an aromatic ring is 1. The molecular weight excluding hydrogens is 207 g/mol. The van der Waals surface area contributed by atoms with E-state index in [9.17, 15) is 4.39 Å². The van der Waals surface area contributed by atoms with Gasteiger partial charge >= 0.3 is 0 Å². The lowest BCUT2D eigenvalue weighted by Crippen LogP contribution is -2.01. The molecule has 0 amide bonds. The van der Waals surface area contributed by atoms with Crippen LogP contribution >= 0.6 is 0 Å². The number of benzene rings is 1. The molecule has 0 saturated heterocycles. The summed E-state index contributed by atoms with van der Waals surface area (Å²) in [6, 6.07) is 4.45. The van der Waals surface area contributed by atoms with Crippen LogP contribution < -0.4 is 11.1 Å². The fraction of sp³-hybridized carbons (Fsp3) is 0.0909. The number of aromatic nitrogens is 2. The van der Waals surface area contributed by atoms with Gasteiger partial charge in [0.05, 0.1) is 0 Å². The van der Waals surface area contributed by atoms with Gasteiger partial charge in [0.2, 0.25) is 0 Å². The number of aryl methyl sites for hydroxylation is 1. The number of halogens is 1. The van der Waals surface area contributed by atoms with Gasteiger partial charge in [-0.05, 0) is 30.7 Å². The van der Waals surface area contributed by atoms with Crippen LogP contribution in [0.4, 0.5) is 21.7 Å². The van der Waals surface area contributed by atoms with Crippen LogP contribution in [0.5, 0.6) is 0 Å². The van der Waals surface area contributed by atoms with E-state index in [1.165, 1.54) is 24.5 Å². The minimum absolute atomic E-state index is 0.268. The van der Waals surface area contributed by atoms with Gasteiger partial charge in [-0.1, -0.05) is 0 Å². The maximum atomic E-state index is 12.9. The van der Waals surface area contributed by atoms with Crippen LogP contribution in [0.1, 0.15) is 5.56 Å². The van der Waals surface area contributed by atoms with Crippen molar-refractivity contribution in [3.05, 3.63) is 42.0 Å². The van der Waals surface area contributed by atoms with Gasteiger partial charge in [0.15, 0.2) is 11.6 Å². The molecule has 0 aliphatic heterocycles. The first-order chi connectivity index (χ1) is 7.66. The van der Waals surface area contributed by atoms with Gasteiger partial charge in [0, 0.05) is 18.1 Å². The molecule has 1 aromatic carbocycles. The first-order valence-electron chi connectivity index (χ1n) is 4.76. The maximum Gasteiger partial charge on any atom is 0.173 e. The summed E-state index contributed by atoms with van der Waals surface area (Å²) in [6.07, 6.45) is 3.05. The summed E-state index contributed by atoms with van der Waals surface area (Å²) in [5.74, 6) is 0.513. The second-order valence-electron chi connectivity index (χ2n) is 3.37. The van der Waals surface area contributed by atoms with Crippen LogP contribution in [0.15, 0.2) is 30.6 Å². The molecule has 82 valence electrons. The average molecular weight is 218 g/mol. The van der Waals surface area contributed by atoms with Gasteiger partial charge in [0.25, 0.3) is 0 Å². The molecule has 0 aliphatic carbocycles. The monoisotopic (exact) mass is 218 g/mol. The number of hydrogen-bond acceptors (Lipinski definition) is 4. The van der Waals surface area contributed by atoms with Crippen LogP contribution in [0, 0.1) is 12.7 Å². The summed E-state index contributed by atoms with van der Waals surface area (Å²) >= 11 is 0. The van der Waals surface area contributed by atoms with Gasteiger partial charge in [-0.3, -0.25) is 0 Å². The molecule has 4 nitrogen and oxygen atoms in total. The number of rotatable bonds is 2. The fourth-order valence-corrected chi connectivity index (χ4v) is 1.34. The molecule has 3 N–H and O–H groups in total. The summed E-state index contributed by atoms with van der Waals surface area (Å²) in [5.41, 5.74) is 7.18. The van der Waals surface area contributed by atoms with E-state index >= 15 is 0 Å². The van der Waals surface area contributed by atoms with Crippen molar-refractivity contribution in [1.82, 2.24) is 9.97 Å². The SMILES string of the molecule is Cc1cc(F)ccc1Nc1nccnc1N. The van der Waals surface area contributed by atoms with Gasteiger partial charge in [-0.25, -0.2) is 14.4 Å². The Morgan fingerprint density at radius 2 is 2.00 bits per heavy atom. The highest BCUT2D eigenvalue weighted by molar-refractivity contribution is 5.67. The Bertz CT molecular complexity index is 513. The highest BCUT2D eigenvalue weighted by Crippen LogP contribution is 2.21. The summed E-state index contributed by atoms with van der Waals surface area (Å²) < 4.78 is 12.9. The minimum atomic E-state index is -0.268. The fourth-order valence-electron chi connectivity index (χ4n) is 1.34. The molecule has 0 spiro atoms. The second-order valence-corrected chi connectivity index (χ2v) is 3.37. The van der Waals surface area contributed by atoms with Crippen LogP contribution in [0.3, 0.4) is 0 Å². The Morgan fingerprint density at radius 3 is 2.69 bits per heavy atom. The Labute approximate surface area is 92.3 Å². The molecule has 16 heavy (non-hydrogen) atoms. The molecule has 0 fully saturated rings. The molecule has 5 heteroatoms. The summed E-state index contributed by atoms with van der Waals surface area (Å²) in [7, 11) is 0. The van der Waals surface area contributed by atoms with Crippen LogP contribution in [0.25, 0.3) is 0 Å². The Balaban J connectivity index is 2.31. The lowest BCUT2D eigenvalue weighted by molar-refractivity contribution is 0.627. The zero-order valence-corrected chi connectivity index (χ0v) is 8.74. The molecule has 0 aliphatic rings. The minimum Gasteiger partial charge on any atom is -0.381 e. The zero-order chi connectivity index (χ0) is 11.5. The van der Waals surface area contributed by atoms with E-state index in [2.05, 4.69) is 15.3 Å². The van der Waals surface area contributed by atoms with Gasteiger partial charge < -0.3 is 11.1 Å². The molecule has 2 rings (SSSR count). The number of nitrogens with two attached hydrogens (primary N) is 1. The van der Waals surface area contributed by atoms with Gasteiger partial charge in [-0.15, -0.1) is 0 Å². The van der Waals surface area contributed by atoms with E-state index in [0.717, 1.165) is 11.3 Å². The summed E-state index contributed by atoms with van der Waals surface area (Å²) in [6.45, 7) is 1.80. The Hall–Kier alpha value is -2.17. The smallest absolute Gasteiger partial charge is 0.173 e. The normalized spacial score (nSPS) is 10.1. The van der Waals surface area contributed by atoms with E-state index in [1.54, 1.807) is 13.0 Å². The number of anilines is 3. The first-order valence-corrected chi connectivity index (χ1v) is 4.76. The molecule has 0 bridgehead atoms. The predicted molar refractivity (Wildman–Crippen MR) is 60.9 cm³/mol. The van der Waals surface area contributed by atoms with Crippen molar-refractivity contribution in [2.75, 3.05) is 11.1 Å². The predicted octanol–water partition coefficient (Wildman–Crippen LogP) is 2.25. The van der Waals surface area contributed by atoms with E-state index in [-0.39, 0.29) is 5.82 Å². The topological polar surface area (TPSA) is 63.8 Å². The van der Waals surface area contributed by atoms with Crippen molar-refractivity contribution in [3.63, 3.8) is 0 Å². The Morgan fingerprint density at radius 1 is 1.25 bits per heavy atom. The summed E-state index contributed by atoms with van der Waals surface area (Å²) in [5, 5.41) is 3.00. The van der Waals surface area contributed by atoms with Crippen molar-refractivity contribution in [2.45, 2.75) is 6.92 Å². The Kier molecular flexibility index (Phi) is 2.68. The second kappa shape index (κ2) is 4.14. The molecular formula is C11H11FN4. The number of nitrogens with one attached hydrogen (secondary N) is 1. The maximum absolute atomic E-state index is 12.9. The number of hydrogen-bond donors (Lipinski definition) is 2. The molecule has 0 saturated carbocycles. The standard InChI is InChI=1S/C11H11FN4/c1-7-6-8(12)2-3-9(7)16-11-10(13)14-4-5-15-11/h2-6H,1H3,(H2,13,14)(H,15,16). The highest BCUT2D eigenvalue weighted by atomic mass is 19.1. The van der Waals surface area contributed by atoms with Crippen molar-refractivity contribution < 1.29 is 4.39 Å². The van der Waals surface area contributed by atoms with Crippen LogP contribution in [-0.2, 0) is 0 Å². The largest absolute Gasteiger partial charge is 0.381 e. The lowest BCUT2D eigenvalue weighted by atomic mass is 10.2. The molecule has 1 aromatic heterocycles. The molecule has 0 unspecified atom stereocenters. The van der Waals surface area contributed by atoms with Crippen molar-refractivity contribution in [1.29, 1.82) is 0 Å². The molecule has 0 atom stereocenters. The number of nitrogens with zero attached hydrogens (tertiary/aromatic N) is 2. The van der Waals surface area contributed by atoms with E-state index < -0.39 is 0 Å². The van der Waals surface area contributed by atoms with E-state index in [0.29, 0.717) is 11.6 Å². The third kappa shape index (κ3) is 2.08. The third-order valence-electron chi connectivity index (χ3n) is 2.17. The molecule has 0 radical (unpaired) electrons. The molecule has 1 heterocycles. The van der Waals surface area contributed by atoms with E-state index in [1.807, 2.05) is 0 Å². The summed E-state index contributed by atoms with van der Waals surface area (Å²) in [4.78, 5) is 7.95. The van der Waals surface area contributed by atoms with Crippen molar-refractivity contribution >= 4 is 17.3 Å². The quantitative estimate of drug-likeness (QED) is 0.811. The van der Waals surface area contributed by atoms with Crippen molar-refractivity contribution in [2.24, 2.45) is 0 Å². The van der Waals surface area contributed by atoms with Crippen LogP contribution in [0.2, 0.25) is 0 Å². The highest BCUT2D eigenvalue weighted by Gasteiger charge is 2.04. The zero-order valence-electron chi connectivity index (χ0n) is 8.74. The van der Waals surface area contributed by atoms with Crippen LogP contribution in [-0.4, -0.2) is 9.97 Å². The first kappa shape index (κ1) is 10.4. The third-order valence-corrected chi connectivity index (χ3v) is 2.17. The lowest BCUT2D eigenvalue weighted by Gasteiger charge is -2.09.